The third-order valence-corrected chi connectivity index (χ3v) is 2.98. The third kappa shape index (κ3) is 5.31. The van der Waals surface area contributed by atoms with Gasteiger partial charge in [-0.1, -0.05) is 18.1 Å². The molecule has 1 aromatic rings. The number of nitrogens with two attached hydrogens (primary N) is 1. The molecule has 23 heavy (non-hydrogen) atoms. The van der Waals surface area contributed by atoms with E-state index in [9.17, 15) is 14.7 Å². The maximum atomic E-state index is 12.2. The first-order valence-electron chi connectivity index (χ1n) is 7.10. The number of terminal acetylenes is 1. The minimum atomic E-state index is -2.14. The number of hydrogen-bond acceptors (Lipinski definition) is 5. The van der Waals surface area contributed by atoms with E-state index in [0.717, 1.165) is 5.69 Å². The molecular weight excluding hydrogens is 296 g/mol. The van der Waals surface area contributed by atoms with Crippen LogP contribution in [0.1, 0.15) is 26.3 Å². The Kier molecular flexibility index (Phi) is 5.77. The number of carbonyl (C=O) groups excluding carboxylic acids is 1. The Balaban J connectivity index is 2.93. The van der Waals surface area contributed by atoms with Crippen molar-refractivity contribution in [3.63, 3.8) is 0 Å². The van der Waals surface area contributed by atoms with E-state index in [1.54, 1.807) is 45.0 Å². The number of carbonyl (C=O) groups is 2. The molecule has 0 heterocycles. The molecule has 0 fully saturated rings. The molecule has 0 aliphatic rings. The molecule has 0 saturated heterocycles. The number of hydrogen-bond donors (Lipinski definition) is 3. The maximum absolute atomic E-state index is 12.2. The van der Waals surface area contributed by atoms with E-state index < -0.39 is 23.1 Å². The molecule has 0 spiro atoms. The van der Waals surface area contributed by atoms with Gasteiger partial charge in [0, 0.05) is 12.1 Å². The lowest BCUT2D eigenvalue weighted by atomic mass is 9.91. The van der Waals surface area contributed by atoms with Gasteiger partial charge in [-0.3, -0.25) is 0 Å². The van der Waals surface area contributed by atoms with E-state index in [0.29, 0.717) is 12.1 Å². The summed E-state index contributed by atoms with van der Waals surface area (Å²) in [6, 6.07) is 6.86. The second-order valence-corrected chi connectivity index (χ2v) is 6.21. The number of esters is 1. The minimum absolute atomic E-state index is 0.174. The molecule has 0 saturated carbocycles. The Morgan fingerprint density at radius 2 is 1.87 bits per heavy atom. The quantitative estimate of drug-likeness (QED) is 0.416. The summed E-state index contributed by atoms with van der Waals surface area (Å²) >= 11 is 0. The van der Waals surface area contributed by atoms with E-state index in [-0.39, 0.29) is 6.42 Å². The lowest BCUT2D eigenvalue weighted by Gasteiger charge is -2.28. The minimum Gasteiger partial charge on any atom is -0.479 e. The van der Waals surface area contributed by atoms with Gasteiger partial charge >= 0.3 is 11.9 Å². The van der Waals surface area contributed by atoms with Crippen molar-refractivity contribution in [2.75, 3.05) is 11.9 Å². The van der Waals surface area contributed by atoms with Crippen LogP contribution in [-0.2, 0) is 20.7 Å². The van der Waals surface area contributed by atoms with Gasteiger partial charge in [-0.15, -0.1) is 6.42 Å². The van der Waals surface area contributed by atoms with Crippen molar-refractivity contribution >= 4 is 17.6 Å². The largest absolute Gasteiger partial charge is 0.479 e. The molecular formula is C17H22N2O4. The smallest absolute Gasteiger partial charge is 0.338 e. The van der Waals surface area contributed by atoms with Gasteiger partial charge < -0.3 is 20.9 Å². The van der Waals surface area contributed by atoms with Crippen LogP contribution in [0.4, 0.5) is 5.69 Å². The summed E-state index contributed by atoms with van der Waals surface area (Å²) in [4.78, 5) is 23.7. The van der Waals surface area contributed by atoms with Gasteiger partial charge in [0.2, 0.25) is 5.54 Å². The van der Waals surface area contributed by atoms with Crippen molar-refractivity contribution in [2.45, 2.75) is 38.3 Å². The van der Waals surface area contributed by atoms with Crippen LogP contribution >= 0.6 is 0 Å². The number of benzene rings is 1. The summed E-state index contributed by atoms with van der Waals surface area (Å²) in [6.07, 6.45) is 4.99. The zero-order chi connectivity index (χ0) is 17.7. The lowest BCUT2D eigenvalue weighted by molar-refractivity contribution is -0.169. The molecule has 1 aromatic carbocycles. The number of ether oxygens (including phenoxy) is 1. The first-order valence-corrected chi connectivity index (χ1v) is 7.10. The highest BCUT2D eigenvalue weighted by molar-refractivity contribution is 6.04. The number of rotatable bonds is 6. The van der Waals surface area contributed by atoms with E-state index in [2.05, 4.69) is 11.2 Å². The summed E-state index contributed by atoms with van der Waals surface area (Å²) < 4.78 is 5.13. The Labute approximate surface area is 136 Å². The zero-order valence-electron chi connectivity index (χ0n) is 13.6. The standard InChI is InChI=1S/C17H22N2O4/c1-5-10-19-13-8-6-12(7-9-13)11-17(18,14(20)21)15(22)23-16(2,3)4/h1,6-9,19H,10-11,18H2,2-4H3,(H,20,21). The topological polar surface area (TPSA) is 102 Å². The Morgan fingerprint density at radius 1 is 1.30 bits per heavy atom. The number of anilines is 1. The molecule has 6 nitrogen and oxygen atoms in total. The number of nitrogens with one attached hydrogen (secondary N) is 1. The van der Waals surface area contributed by atoms with Gasteiger partial charge in [-0.2, -0.15) is 0 Å². The van der Waals surface area contributed by atoms with Gasteiger partial charge in [0.15, 0.2) is 0 Å². The predicted molar refractivity (Wildman–Crippen MR) is 87.9 cm³/mol. The van der Waals surface area contributed by atoms with Gasteiger partial charge in [0.05, 0.1) is 6.54 Å². The van der Waals surface area contributed by atoms with E-state index >= 15 is 0 Å². The molecule has 0 aliphatic heterocycles. The molecule has 1 unspecified atom stereocenters. The van der Waals surface area contributed by atoms with Crippen LogP contribution in [0.3, 0.4) is 0 Å². The fraction of sp³-hybridized carbons (Fsp3) is 0.412. The van der Waals surface area contributed by atoms with Crippen LogP contribution in [-0.4, -0.2) is 34.7 Å². The fourth-order valence-corrected chi connectivity index (χ4v) is 1.82. The van der Waals surface area contributed by atoms with E-state index in [1.165, 1.54) is 0 Å². The second-order valence-electron chi connectivity index (χ2n) is 6.21. The fourth-order valence-electron chi connectivity index (χ4n) is 1.82. The first-order chi connectivity index (χ1) is 10.6. The summed E-state index contributed by atoms with van der Waals surface area (Å²) in [5, 5.41) is 12.4. The number of carboxylic acids is 1. The van der Waals surface area contributed by atoms with Crippen LogP contribution in [0.2, 0.25) is 0 Å². The Bertz CT molecular complexity index is 611. The van der Waals surface area contributed by atoms with Gasteiger partial charge in [0.1, 0.15) is 5.60 Å². The van der Waals surface area contributed by atoms with Crippen LogP contribution in [0.25, 0.3) is 0 Å². The number of carboxylic acid groups (broad SMARTS) is 1. The molecule has 1 atom stereocenters. The molecule has 0 radical (unpaired) electrons. The average molecular weight is 318 g/mol. The van der Waals surface area contributed by atoms with E-state index in [4.69, 9.17) is 16.9 Å². The van der Waals surface area contributed by atoms with Crippen molar-refractivity contribution in [1.29, 1.82) is 0 Å². The lowest BCUT2D eigenvalue weighted by Crippen LogP contribution is -2.58. The normalized spacial score (nSPS) is 13.5. The highest BCUT2D eigenvalue weighted by Crippen LogP contribution is 2.19. The number of aliphatic carboxylic acids is 1. The summed E-state index contributed by atoms with van der Waals surface area (Å²) in [5.41, 5.74) is 4.27. The van der Waals surface area contributed by atoms with E-state index in [1.807, 2.05) is 0 Å². The first kappa shape index (κ1) is 18.5. The zero-order valence-corrected chi connectivity index (χ0v) is 13.6. The molecule has 0 aromatic heterocycles. The van der Waals surface area contributed by atoms with Crippen molar-refractivity contribution in [3.05, 3.63) is 29.8 Å². The van der Waals surface area contributed by atoms with Crippen LogP contribution in [0.5, 0.6) is 0 Å². The van der Waals surface area contributed by atoms with Crippen molar-refractivity contribution in [2.24, 2.45) is 5.73 Å². The highest BCUT2D eigenvalue weighted by Gasteiger charge is 2.45. The van der Waals surface area contributed by atoms with Crippen LogP contribution < -0.4 is 11.1 Å². The molecule has 1 rings (SSSR count). The second kappa shape index (κ2) is 7.16. The maximum Gasteiger partial charge on any atom is 0.338 e. The molecule has 124 valence electrons. The molecule has 0 aliphatic carbocycles. The molecule has 4 N–H and O–H groups in total. The van der Waals surface area contributed by atoms with Crippen molar-refractivity contribution in [1.82, 2.24) is 0 Å². The Morgan fingerprint density at radius 3 is 2.30 bits per heavy atom. The van der Waals surface area contributed by atoms with Crippen LogP contribution in [0.15, 0.2) is 24.3 Å². The highest BCUT2D eigenvalue weighted by atomic mass is 16.6. The summed E-state index contributed by atoms with van der Waals surface area (Å²) in [7, 11) is 0. The summed E-state index contributed by atoms with van der Waals surface area (Å²) in [5.74, 6) is 0.0555. The van der Waals surface area contributed by atoms with Crippen LogP contribution in [0, 0.1) is 12.3 Å². The molecule has 6 heteroatoms. The Hall–Kier alpha value is -2.52. The summed E-state index contributed by atoms with van der Waals surface area (Å²) in [6.45, 7) is 5.34. The van der Waals surface area contributed by atoms with Gasteiger partial charge in [-0.05, 0) is 38.5 Å². The van der Waals surface area contributed by atoms with Crippen molar-refractivity contribution in [3.8, 4) is 12.3 Å². The SMILES string of the molecule is C#CCNc1ccc(CC(N)(C(=O)O)C(=O)OC(C)(C)C)cc1. The van der Waals surface area contributed by atoms with Gasteiger partial charge in [-0.25, -0.2) is 9.59 Å². The molecule has 0 bridgehead atoms. The van der Waals surface area contributed by atoms with Crippen molar-refractivity contribution < 1.29 is 19.4 Å². The average Bonchev–Trinajstić information content (AvgIpc) is 2.44. The monoisotopic (exact) mass is 318 g/mol. The van der Waals surface area contributed by atoms with Gasteiger partial charge in [0.25, 0.3) is 0 Å². The predicted octanol–water partition coefficient (Wildman–Crippen LogP) is 1.40. The molecule has 0 amide bonds. The third-order valence-electron chi connectivity index (χ3n) is 2.98.